The van der Waals surface area contributed by atoms with Crippen molar-refractivity contribution in [2.24, 2.45) is 11.8 Å². The first-order valence-corrected chi connectivity index (χ1v) is 29.5. The molecule has 9 N–H and O–H groups in total. The molecule has 0 aliphatic carbocycles. The van der Waals surface area contributed by atoms with Crippen LogP contribution in [0, 0.1) is 11.8 Å². The maximum atomic E-state index is 13.4. The first-order chi connectivity index (χ1) is 35.9. The molecule has 0 radical (unpaired) electrons. The normalized spacial score (nSPS) is 30.3. The lowest BCUT2D eigenvalue weighted by Crippen LogP contribution is -2.52. The van der Waals surface area contributed by atoms with Crippen molar-refractivity contribution >= 4 is 33.4 Å². The fraction of sp³-hybridized carbons (Fsp3) is 0.692. The average molecular weight is 1100 g/mol. The number of aliphatic hydroxyl groups excluding tert-OH is 5. The van der Waals surface area contributed by atoms with E-state index in [1.54, 1.807) is 0 Å². The molecule has 0 spiro atoms. The van der Waals surface area contributed by atoms with Gasteiger partial charge in [0.15, 0.2) is 6.10 Å². The number of phosphoric acid groups is 2. The Labute approximate surface area is 441 Å². The van der Waals surface area contributed by atoms with Crippen LogP contribution in [0.2, 0.25) is 0 Å². The van der Waals surface area contributed by atoms with E-state index < -0.39 is 120 Å². The summed E-state index contributed by atoms with van der Waals surface area (Å²) in [5, 5.41) is 57.6. The smallest absolute Gasteiger partial charge is 0.462 e. The van der Waals surface area contributed by atoms with Gasteiger partial charge in [-0.15, -0.1) is 0 Å². The van der Waals surface area contributed by atoms with Crippen LogP contribution in [0.1, 0.15) is 155 Å². The van der Waals surface area contributed by atoms with Crippen molar-refractivity contribution in [1.29, 1.82) is 0 Å². The van der Waals surface area contributed by atoms with Gasteiger partial charge in [0.1, 0.15) is 30.9 Å². The van der Waals surface area contributed by atoms with Crippen LogP contribution in [0.25, 0.3) is 0 Å². The number of nitrogen functional groups attached to an aromatic ring is 1. The van der Waals surface area contributed by atoms with Gasteiger partial charge in [0.25, 0.3) is 0 Å². The van der Waals surface area contributed by atoms with Gasteiger partial charge >= 0.3 is 33.3 Å². The van der Waals surface area contributed by atoms with Gasteiger partial charge in [0.2, 0.25) is 0 Å². The van der Waals surface area contributed by atoms with E-state index in [1.165, 1.54) is 24.4 Å². The van der Waals surface area contributed by atoms with Crippen molar-refractivity contribution < 1.29 is 81.6 Å². The van der Waals surface area contributed by atoms with Gasteiger partial charge in [-0.05, 0) is 70.3 Å². The summed E-state index contributed by atoms with van der Waals surface area (Å²) in [6, 6.07) is 1.26. The number of esters is 2. The molecule has 3 heterocycles. The third-order valence-electron chi connectivity index (χ3n) is 12.7. The quantitative estimate of drug-likeness (QED) is 0.0241. The van der Waals surface area contributed by atoms with Crippen molar-refractivity contribution in [3.63, 3.8) is 0 Å². The molecule has 2 aliphatic rings. The number of phosphoric ester groups is 2. The monoisotopic (exact) mass is 1100 g/mol. The summed E-state index contributed by atoms with van der Waals surface area (Å²) in [6.45, 7) is 1.39. The number of aromatic nitrogens is 2. The molecule has 2 fully saturated rings. The van der Waals surface area contributed by atoms with Crippen molar-refractivity contribution in [3.8, 4) is 0 Å². The molecule has 2 unspecified atom stereocenters. The lowest BCUT2D eigenvalue weighted by Gasteiger charge is -2.41. The number of carbonyl (C=O) groups is 2. The number of cyclic esters (lactones) is 1. The molecule has 2 bridgehead atoms. The lowest BCUT2D eigenvalue weighted by molar-refractivity contribution is -0.195. The molecule has 426 valence electrons. The van der Waals surface area contributed by atoms with Crippen LogP contribution >= 0.6 is 15.6 Å². The van der Waals surface area contributed by atoms with Gasteiger partial charge in [-0.1, -0.05) is 126 Å². The summed E-state index contributed by atoms with van der Waals surface area (Å²) in [6.07, 6.45) is 19.3. The second kappa shape index (κ2) is 36.4. The molecule has 1 aromatic rings. The molecule has 21 nitrogen and oxygen atoms in total. The highest BCUT2D eigenvalue weighted by Gasteiger charge is 2.45. The van der Waals surface area contributed by atoms with Gasteiger partial charge in [-0.25, -0.2) is 13.9 Å². The number of anilines is 1. The molecule has 2 saturated heterocycles. The second-order valence-electron chi connectivity index (χ2n) is 19.0. The number of hydrogen-bond donors (Lipinski definition) is 8. The zero-order valence-electron chi connectivity index (χ0n) is 43.7. The Bertz CT molecular complexity index is 2120. The average Bonchev–Trinajstić information content (AvgIpc) is 3.35. The van der Waals surface area contributed by atoms with E-state index in [2.05, 4.69) is 64.8 Å². The minimum Gasteiger partial charge on any atom is -0.462 e. The number of unbranched alkanes of at least 4 members (excludes halogenated alkanes) is 6. The number of fused-ring (bicyclic) bond motifs is 3. The van der Waals surface area contributed by atoms with Crippen LogP contribution in [-0.4, -0.2) is 119 Å². The molecule has 0 amide bonds. The number of rotatable bonds is 22. The Balaban J connectivity index is 1.77. The molecule has 23 heteroatoms. The molecule has 3 rings (SSSR count). The first-order valence-electron chi connectivity index (χ1n) is 26.6. The predicted molar refractivity (Wildman–Crippen MR) is 281 cm³/mol. The fourth-order valence-electron chi connectivity index (χ4n) is 8.49. The van der Waals surface area contributed by atoms with Crippen LogP contribution < -0.4 is 11.4 Å². The Morgan fingerprint density at radius 3 is 2.16 bits per heavy atom. The summed E-state index contributed by atoms with van der Waals surface area (Å²) >= 11 is 0. The van der Waals surface area contributed by atoms with E-state index in [4.69, 9.17) is 29.0 Å². The first kappa shape index (κ1) is 65.6. The molecule has 12 atom stereocenters. The summed E-state index contributed by atoms with van der Waals surface area (Å²) in [5.41, 5.74) is 4.81. The maximum absolute atomic E-state index is 13.4. The zero-order valence-corrected chi connectivity index (χ0v) is 45.4. The minimum absolute atomic E-state index is 0.0234. The standard InChI is InChI=1S/C52H85N3O18P2/c1-3-5-7-8-9-10-11-12-13-14-15-16-17-18-19-20-26-30-48(60)71-40-36-68-47(59)29-25-22-21-24-28-42-44(58)35-43(57)41(32-31-39(56)27-23-6-4-2)49(61)50(62)45(38-70-75(66,67)73-74(64,65)69-37-40)72-51(42)55-34-33-46(53)54-52(55)63/h5,7,9-10,12-13,15-16,31-34,39-45,49-51,56-58,61-62H,3-4,6,8,11,14,17-30,35-38H2,1-2H3,(H,64,65)(H,66,67)(H2,53,54,63)/b7-5-,10-9-,13-12-,16-15-,32-31+/t39-,40+,41-,42-,43+,44-,45+,49-,50+,51+/m0/s1. The van der Waals surface area contributed by atoms with Gasteiger partial charge in [-0.2, -0.15) is 9.29 Å². The number of aliphatic hydroxyl groups is 5. The number of carbonyl (C=O) groups excluding carboxylic acids is 2. The minimum atomic E-state index is -5.71. The Kier molecular flexibility index (Phi) is 31.9. The number of nitrogens with zero attached hydrogens (tertiary/aromatic N) is 2. The Hall–Kier alpha value is -3.66. The molecule has 1 aromatic heterocycles. The van der Waals surface area contributed by atoms with E-state index in [-0.39, 0.29) is 25.1 Å². The van der Waals surface area contributed by atoms with Crippen molar-refractivity contribution in [3.05, 3.63) is 83.5 Å². The largest absolute Gasteiger partial charge is 0.481 e. The SMILES string of the molecule is CC/C=C\C/C=C\C/C=C\C/C=C\CCCCCCC(=O)O[C@@H]1COC(=O)CCCCCC[C@@H]2[C@H](n3ccc(N)nc3=O)O[C@H](COP(=O)(O)OP(=O)(O)OC1)[C@@H](O)[C@@H](O)[C@@H](/C=C/[C@@H](O)CCCCC)[C@H](O)C[C@@H]2O. The zero-order chi connectivity index (χ0) is 55.1. The molecular formula is C52H85N3O18P2. The van der Waals surface area contributed by atoms with Crippen molar-refractivity contribution in [2.45, 2.75) is 198 Å². The highest BCUT2D eigenvalue weighted by Crippen LogP contribution is 2.60. The summed E-state index contributed by atoms with van der Waals surface area (Å²) in [4.78, 5) is 64.4. The third kappa shape index (κ3) is 27.0. The second-order valence-corrected chi connectivity index (χ2v) is 22.0. The van der Waals surface area contributed by atoms with Crippen LogP contribution in [0.3, 0.4) is 0 Å². The number of allylic oxidation sites excluding steroid dienone is 8. The van der Waals surface area contributed by atoms with Crippen LogP contribution in [-0.2, 0) is 46.3 Å². The molecule has 75 heavy (non-hydrogen) atoms. The lowest BCUT2D eigenvalue weighted by atomic mass is 9.82. The summed E-state index contributed by atoms with van der Waals surface area (Å²) < 4.78 is 59.2. The summed E-state index contributed by atoms with van der Waals surface area (Å²) in [5.74, 6) is -4.04. The van der Waals surface area contributed by atoms with E-state index in [0.29, 0.717) is 51.4 Å². The van der Waals surface area contributed by atoms with Gasteiger partial charge in [-0.3, -0.25) is 23.2 Å². The molecule has 0 saturated carbocycles. The Morgan fingerprint density at radius 1 is 0.827 bits per heavy atom. The molecular weight excluding hydrogens is 1020 g/mol. The van der Waals surface area contributed by atoms with Gasteiger partial charge in [0, 0.05) is 37.3 Å². The number of hydrogen-bond acceptors (Lipinski definition) is 18. The molecule has 0 aromatic carbocycles. The van der Waals surface area contributed by atoms with Crippen molar-refractivity contribution in [2.75, 3.05) is 25.6 Å². The topological polar surface area (TPSA) is 326 Å². The Morgan fingerprint density at radius 2 is 1.48 bits per heavy atom. The number of nitrogens with two attached hydrogens (primary N) is 1. The van der Waals surface area contributed by atoms with Crippen molar-refractivity contribution in [1.82, 2.24) is 9.55 Å². The van der Waals surface area contributed by atoms with E-state index in [9.17, 15) is 58.8 Å². The summed E-state index contributed by atoms with van der Waals surface area (Å²) in [7, 11) is -11.3. The molecule has 2 aliphatic heterocycles. The predicted octanol–water partition coefficient (Wildman–Crippen LogP) is 7.49. The highest BCUT2D eigenvalue weighted by atomic mass is 31.3. The van der Waals surface area contributed by atoms with E-state index in [0.717, 1.165) is 62.4 Å². The van der Waals surface area contributed by atoms with Crippen LogP contribution in [0.4, 0.5) is 5.82 Å². The van der Waals surface area contributed by atoms with Gasteiger partial charge in [0.05, 0.1) is 37.6 Å². The van der Waals surface area contributed by atoms with E-state index >= 15 is 0 Å². The third-order valence-corrected chi connectivity index (χ3v) is 15.3. The number of ether oxygens (including phenoxy) is 3. The van der Waals surface area contributed by atoms with Crippen LogP contribution in [0.5, 0.6) is 0 Å². The van der Waals surface area contributed by atoms with Crippen LogP contribution in [0.15, 0.2) is 77.8 Å². The highest BCUT2D eigenvalue weighted by molar-refractivity contribution is 7.61. The van der Waals surface area contributed by atoms with E-state index in [1.807, 2.05) is 6.92 Å². The maximum Gasteiger partial charge on any atom is 0.481 e. The van der Waals surface area contributed by atoms with Gasteiger partial charge < -0.3 is 55.3 Å². The fourth-order valence-corrected chi connectivity index (χ4v) is 10.6.